The van der Waals surface area contributed by atoms with E-state index in [1.807, 2.05) is 55.1 Å². The van der Waals surface area contributed by atoms with Crippen LogP contribution in [0.5, 0.6) is 0 Å². The van der Waals surface area contributed by atoms with E-state index in [4.69, 9.17) is 5.73 Å². The summed E-state index contributed by atoms with van der Waals surface area (Å²) < 4.78 is 1.91. The van der Waals surface area contributed by atoms with Crippen molar-refractivity contribution in [1.29, 1.82) is 0 Å². The average Bonchev–Trinajstić information content (AvgIpc) is 2.91. The number of hydrogen-bond acceptors (Lipinski definition) is 3. The maximum absolute atomic E-state index is 12.2. The highest BCUT2D eigenvalue weighted by atomic mass is 16.1. The van der Waals surface area contributed by atoms with Gasteiger partial charge in [0.05, 0.1) is 0 Å². The van der Waals surface area contributed by atoms with Crippen molar-refractivity contribution in [2.24, 2.45) is 12.8 Å². The molecule has 2 atom stereocenters. The van der Waals surface area contributed by atoms with E-state index in [1.54, 1.807) is 6.20 Å². The lowest BCUT2D eigenvalue weighted by Crippen LogP contribution is -2.35. The fourth-order valence-electron chi connectivity index (χ4n) is 2.20. The molecule has 5 nitrogen and oxygen atoms in total. The summed E-state index contributed by atoms with van der Waals surface area (Å²) in [5.41, 5.74) is 6.86. The summed E-state index contributed by atoms with van der Waals surface area (Å²) in [4.78, 5) is 16.5. The minimum Gasteiger partial charge on any atom is -0.342 e. The quantitative estimate of drug-likeness (QED) is 0.849. The fraction of sp³-hybridized carbons (Fsp3) is 0.375. The van der Waals surface area contributed by atoms with Crippen LogP contribution in [0.1, 0.15) is 37.2 Å². The van der Waals surface area contributed by atoms with Gasteiger partial charge in [-0.2, -0.15) is 0 Å². The summed E-state index contributed by atoms with van der Waals surface area (Å²) in [6, 6.07) is 9.46. The van der Waals surface area contributed by atoms with Crippen LogP contribution in [0, 0.1) is 0 Å². The van der Waals surface area contributed by atoms with Crippen molar-refractivity contribution < 1.29 is 4.79 Å². The average molecular weight is 286 g/mol. The first-order valence-corrected chi connectivity index (χ1v) is 7.19. The molecular formula is C16H22N4O. The van der Waals surface area contributed by atoms with Crippen molar-refractivity contribution >= 4 is 5.91 Å². The zero-order valence-corrected chi connectivity index (χ0v) is 12.5. The fourth-order valence-corrected chi connectivity index (χ4v) is 2.20. The van der Waals surface area contributed by atoms with Gasteiger partial charge in [0.1, 0.15) is 11.9 Å². The first-order valence-electron chi connectivity index (χ1n) is 7.19. The summed E-state index contributed by atoms with van der Waals surface area (Å²) in [6.07, 6.45) is 4.71. The van der Waals surface area contributed by atoms with E-state index >= 15 is 0 Å². The van der Waals surface area contributed by atoms with Crippen molar-refractivity contribution in [2.45, 2.75) is 31.8 Å². The zero-order valence-electron chi connectivity index (χ0n) is 12.5. The van der Waals surface area contributed by atoms with Gasteiger partial charge >= 0.3 is 0 Å². The Morgan fingerprint density at radius 2 is 2.10 bits per heavy atom. The van der Waals surface area contributed by atoms with Gasteiger partial charge in [0.25, 0.3) is 0 Å². The van der Waals surface area contributed by atoms with E-state index in [1.165, 1.54) is 0 Å². The Hall–Kier alpha value is -2.14. The second-order valence-electron chi connectivity index (χ2n) is 5.18. The van der Waals surface area contributed by atoms with Crippen LogP contribution in [0.2, 0.25) is 0 Å². The minimum atomic E-state index is -0.261. The van der Waals surface area contributed by atoms with Gasteiger partial charge in [-0.1, -0.05) is 37.3 Å². The van der Waals surface area contributed by atoms with Crippen LogP contribution in [0.3, 0.4) is 0 Å². The molecule has 0 radical (unpaired) electrons. The number of benzene rings is 1. The molecule has 1 amide bonds. The predicted molar refractivity (Wildman–Crippen MR) is 82.5 cm³/mol. The Morgan fingerprint density at radius 1 is 1.38 bits per heavy atom. The van der Waals surface area contributed by atoms with Crippen LogP contribution >= 0.6 is 0 Å². The van der Waals surface area contributed by atoms with Gasteiger partial charge in [0, 0.05) is 31.9 Å². The van der Waals surface area contributed by atoms with Crippen LogP contribution in [-0.4, -0.2) is 21.5 Å². The van der Waals surface area contributed by atoms with E-state index in [0.717, 1.165) is 17.8 Å². The molecule has 0 aliphatic carbocycles. The van der Waals surface area contributed by atoms with E-state index in [-0.39, 0.29) is 18.0 Å². The summed E-state index contributed by atoms with van der Waals surface area (Å²) in [5.74, 6) is 0.751. The topological polar surface area (TPSA) is 72.9 Å². The molecule has 0 fully saturated rings. The van der Waals surface area contributed by atoms with Crippen molar-refractivity contribution in [3.8, 4) is 0 Å². The van der Waals surface area contributed by atoms with Crippen molar-refractivity contribution in [3.63, 3.8) is 0 Å². The molecule has 1 heterocycles. The lowest BCUT2D eigenvalue weighted by atomic mass is 10.1. The number of nitrogens with two attached hydrogens (primary N) is 1. The molecule has 0 saturated heterocycles. The summed E-state index contributed by atoms with van der Waals surface area (Å²) in [5, 5.41) is 3.04. The van der Waals surface area contributed by atoms with Gasteiger partial charge in [-0.15, -0.1) is 0 Å². The second-order valence-corrected chi connectivity index (χ2v) is 5.18. The van der Waals surface area contributed by atoms with Crippen molar-refractivity contribution in [1.82, 2.24) is 14.9 Å². The van der Waals surface area contributed by atoms with Gasteiger partial charge in [-0.25, -0.2) is 4.98 Å². The van der Waals surface area contributed by atoms with Crippen LogP contribution < -0.4 is 11.1 Å². The molecule has 2 rings (SSSR count). The monoisotopic (exact) mass is 286 g/mol. The molecule has 0 bridgehead atoms. The molecule has 2 aromatic rings. The largest absolute Gasteiger partial charge is 0.342 e. The molecule has 3 N–H and O–H groups in total. The van der Waals surface area contributed by atoms with Crippen LogP contribution in [0.25, 0.3) is 0 Å². The van der Waals surface area contributed by atoms with Gasteiger partial charge in [-0.3, -0.25) is 4.79 Å². The number of imidazole rings is 1. The third-order valence-corrected chi connectivity index (χ3v) is 3.53. The number of amides is 1. The Kier molecular flexibility index (Phi) is 5.11. The molecule has 0 aliphatic rings. The highest BCUT2D eigenvalue weighted by Gasteiger charge is 2.21. The molecule has 1 aromatic heterocycles. The van der Waals surface area contributed by atoms with E-state index in [0.29, 0.717) is 6.42 Å². The number of rotatable bonds is 6. The first-order chi connectivity index (χ1) is 10.1. The zero-order chi connectivity index (χ0) is 15.2. The highest BCUT2D eigenvalue weighted by Crippen LogP contribution is 2.20. The molecule has 112 valence electrons. The Bertz CT molecular complexity index is 579. The van der Waals surface area contributed by atoms with Crippen LogP contribution in [0.4, 0.5) is 0 Å². The summed E-state index contributed by atoms with van der Waals surface area (Å²) in [7, 11) is 1.92. The van der Waals surface area contributed by atoms with Gasteiger partial charge in [0.15, 0.2) is 0 Å². The third-order valence-electron chi connectivity index (χ3n) is 3.53. The number of nitrogens with one attached hydrogen (secondary N) is 1. The normalized spacial score (nSPS) is 13.7. The molecule has 2 unspecified atom stereocenters. The number of hydrogen-bond donors (Lipinski definition) is 2. The smallest absolute Gasteiger partial charge is 0.222 e. The molecule has 0 saturated carbocycles. The molecule has 1 aromatic carbocycles. The maximum Gasteiger partial charge on any atom is 0.222 e. The van der Waals surface area contributed by atoms with E-state index in [2.05, 4.69) is 10.3 Å². The highest BCUT2D eigenvalue weighted by molar-refractivity contribution is 5.77. The number of carbonyl (C=O) groups is 1. The summed E-state index contributed by atoms with van der Waals surface area (Å²) in [6.45, 7) is 1.98. The Labute approximate surface area is 125 Å². The van der Waals surface area contributed by atoms with Crippen molar-refractivity contribution in [2.75, 3.05) is 0 Å². The minimum absolute atomic E-state index is 0.0544. The molecular weight excluding hydrogens is 264 g/mol. The standard InChI is InChI=1S/C16H22N4O/c1-3-13(17)11-14(21)19-15(12-7-5-4-6-8-12)16-18-9-10-20(16)2/h4-10,13,15H,3,11,17H2,1-2H3,(H,19,21). The maximum atomic E-state index is 12.2. The Morgan fingerprint density at radius 3 is 2.67 bits per heavy atom. The van der Waals surface area contributed by atoms with E-state index in [9.17, 15) is 4.79 Å². The van der Waals surface area contributed by atoms with Gasteiger partial charge in [0.2, 0.25) is 5.91 Å². The molecule has 0 spiro atoms. The van der Waals surface area contributed by atoms with E-state index < -0.39 is 0 Å². The number of aromatic nitrogens is 2. The van der Waals surface area contributed by atoms with Crippen LogP contribution in [-0.2, 0) is 11.8 Å². The lowest BCUT2D eigenvalue weighted by Gasteiger charge is -2.20. The number of carbonyl (C=O) groups excluding carboxylic acids is 1. The van der Waals surface area contributed by atoms with Gasteiger partial charge < -0.3 is 15.6 Å². The number of nitrogens with zero attached hydrogens (tertiary/aromatic N) is 2. The number of aryl methyl sites for hydroxylation is 1. The lowest BCUT2D eigenvalue weighted by molar-refractivity contribution is -0.122. The molecule has 0 aliphatic heterocycles. The molecule has 5 heteroatoms. The summed E-state index contributed by atoms with van der Waals surface area (Å²) >= 11 is 0. The van der Waals surface area contributed by atoms with Gasteiger partial charge in [-0.05, 0) is 12.0 Å². The second kappa shape index (κ2) is 7.04. The first kappa shape index (κ1) is 15.3. The SMILES string of the molecule is CCC(N)CC(=O)NC(c1ccccc1)c1nccn1C. The van der Waals surface area contributed by atoms with Crippen molar-refractivity contribution in [3.05, 3.63) is 54.1 Å². The Balaban J connectivity index is 2.22. The third kappa shape index (κ3) is 3.92. The molecule has 21 heavy (non-hydrogen) atoms. The predicted octanol–water partition coefficient (Wildman–Crippen LogP) is 1.75. The van der Waals surface area contributed by atoms with Crippen LogP contribution in [0.15, 0.2) is 42.7 Å².